The topological polar surface area (TPSA) is 15.3 Å². The molecular weight excluding hydrogens is 172 g/mol. The van der Waals surface area contributed by atoms with E-state index in [0.29, 0.717) is 5.54 Å². The summed E-state index contributed by atoms with van der Waals surface area (Å²) in [5.74, 6) is 0.910. The van der Waals surface area contributed by atoms with Crippen LogP contribution in [0.25, 0.3) is 0 Å². The molecule has 2 aliphatic heterocycles. The average Bonchev–Trinajstić information content (AvgIpc) is 2.61. The molecule has 0 radical (unpaired) electrons. The van der Waals surface area contributed by atoms with E-state index in [2.05, 4.69) is 24.1 Å². The molecule has 1 atom stereocenters. The number of rotatable bonds is 2. The molecule has 1 unspecified atom stereocenters. The summed E-state index contributed by atoms with van der Waals surface area (Å²) < 4.78 is 0. The van der Waals surface area contributed by atoms with E-state index in [-0.39, 0.29) is 0 Å². The zero-order valence-electron chi connectivity index (χ0n) is 9.68. The first kappa shape index (κ1) is 10.4. The summed E-state index contributed by atoms with van der Waals surface area (Å²) in [7, 11) is 0. The van der Waals surface area contributed by atoms with Gasteiger partial charge in [-0.1, -0.05) is 6.42 Å². The molecule has 2 fully saturated rings. The quantitative estimate of drug-likeness (QED) is 0.725. The minimum Gasteiger partial charge on any atom is -0.316 e. The first-order chi connectivity index (χ1) is 6.68. The van der Waals surface area contributed by atoms with Crippen molar-refractivity contribution < 1.29 is 0 Å². The predicted molar refractivity (Wildman–Crippen MR) is 60.5 cm³/mol. The van der Waals surface area contributed by atoms with E-state index < -0.39 is 0 Å². The summed E-state index contributed by atoms with van der Waals surface area (Å²) in [5.41, 5.74) is 0.459. The van der Waals surface area contributed by atoms with Crippen LogP contribution in [0.15, 0.2) is 0 Å². The zero-order chi connectivity index (χ0) is 10.0. The van der Waals surface area contributed by atoms with Gasteiger partial charge in [0.2, 0.25) is 0 Å². The Morgan fingerprint density at radius 2 is 2.21 bits per heavy atom. The fraction of sp³-hybridized carbons (Fsp3) is 1.00. The molecule has 0 saturated carbocycles. The monoisotopic (exact) mass is 196 g/mol. The Morgan fingerprint density at radius 1 is 1.36 bits per heavy atom. The molecule has 0 aromatic heterocycles. The molecule has 0 aliphatic carbocycles. The van der Waals surface area contributed by atoms with Gasteiger partial charge in [-0.3, -0.25) is 4.90 Å². The van der Waals surface area contributed by atoms with Crippen molar-refractivity contribution >= 4 is 0 Å². The van der Waals surface area contributed by atoms with Crippen LogP contribution >= 0.6 is 0 Å². The first-order valence-electron chi connectivity index (χ1n) is 6.14. The third-order valence-electron chi connectivity index (χ3n) is 3.96. The molecule has 2 heteroatoms. The van der Waals surface area contributed by atoms with Crippen LogP contribution in [0.3, 0.4) is 0 Å². The molecule has 2 aliphatic rings. The Hall–Kier alpha value is -0.0800. The van der Waals surface area contributed by atoms with Gasteiger partial charge in [0.15, 0.2) is 0 Å². The van der Waals surface area contributed by atoms with E-state index in [1.165, 1.54) is 51.9 Å². The molecule has 2 saturated heterocycles. The third-order valence-corrected chi connectivity index (χ3v) is 3.96. The minimum absolute atomic E-state index is 0.459. The number of nitrogens with zero attached hydrogens (tertiary/aromatic N) is 1. The molecule has 2 heterocycles. The smallest absolute Gasteiger partial charge is 0.0153 e. The second-order valence-electron chi connectivity index (χ2n) is 5.57. The molecule has 0 amide bonds. The SMILES string of the molecule is CC1(C)CCCCN1CC1CCNC1. The highest BCUT2D eigenvalue weighted by atomic mass is 15.2. The van der Waals surface area contributed by atoms with Gasteiger partial charge in [-0.2, -0.15) is 0 Å². The van der Waals surface area contributed by atoms with Gasteiger partial charge < -0.3 is 5.32 Å². The van der Waals surface area contributed by atoms with Crippen molar-refractivity contribution in [3.63, 3.8) is 0 Å². The van der Waals surface area contributed by atoms with Gasteiger partial charge >= 0.3 is 0 Å². The molecule has 82 valence electrons. The second-order valence-corrected chi connectivity index (χ2v) is 5.57. The molecule has 0 spiro atoms. The predicted octanol–water partition coefficient (Wildman–Crippen LogP) is 1.86. The molecule has 14 heavy (non-hydrogen) atoms. The minimum atomic E-state index is 0.459. The normalized spacial score (nSPS) is 33.4. The molecular formula is C12H24N2. The van der Waals surface area contributed by atoms with Gasteiger partial charge in [-0.05, 0) is 58.7 Å². The van der Waals surface area contributed by atoms with Crippen molar-refractivity contribution in [3.05, 3.63) is 0 Å². The van der Waals surface area contributed by atoms with E-state index in [1.807, 2.05) is 0 Å². The fourth-order valence-corrected chi connectivity index (χ4v) is 2.84. The van der Waals surface area contributed by atoms with Crippen molar-refractivity contribution in [2.24, 2.45) is 5.92 Å². The largest absolute Gasteiger partial charge is 0.316 e. The lowest BCUT2D eigenvalue weighted by Crippen LogP contribution is -2.49. The number of nitrogens with one attached hydrogen (secondary N) is 1. The van der Waals surface area contributed by atoms with Crippen LogP contribution in [0.2, 0.25) is 0 Å². The highest BCUT2D eigenvalue weighted by Crippen LogP contribution is 2.28. The van der Waals surface area contributed by atoms with Gasteiger partial charge in [-0.15, -0.1) is 0 Å². The van der Waals surface area contributed by atoms with Gasteiger partial charge in [-0.25, -0.2) is 0 Å². The maximum atomic E-state index is 3.46. The van der Waals surface area contributed by atoms with Crippen LogP contribution in [0.5, 0.6) is 0 Å². The maximum absolute atomic E-state index is 3.46. The van der Waals surface area contributed by atoms with Crippen LogP contribution < -0.4 is 5.32 Å². The van der Waals surface area contributed by atoms with Crippen LogP contribution in [0.1, 0.15) is 39.5 Å². The van der Waals surface area contributed by atoms with Crippen LogP contribution in [0.4, 0.5) is 0 Å². The molecule has 2 rings (SSSR count). The summed E-state index contributed by atoms with van der Waals surface area (Å²) in [6.07, 6.45) is 5.59. The zero-order valence-corrected chi connectivity index (χ0v) is 9.68. The molecule has 0 aromatic rings. The fourth-order valence-electron chi connectivity index (χ4n) is 2.84. The summed E-state index contributed by atoms with van der Waals surface area (Å²) in [4.78, 5) is 2.72. The van der Waals surface area contributed by atoms with E-state index >= 15 is 0 Å². The van der Waals surface area contributed by atoms with Crippen molar-refractivity contribution in [1.29, 1.82) is 0 Å². The molecule has 1 N–H and O–H groups in total. The van der Waals surface area contributed by atoms with E-state index in [4.69, 9.17) is 0 Å². The third kappa shape index (κ3) is 2.29. The lowest BCUT2D eigenvalue weighted by molar-refractivity contribution is 0.0628. The Morgan fingerprint density at radius 3 is 2.86 bits per heavy atom. The van der Waals surface area contributed by atoms with E-state index in [9.17, 15) is 0 Å². The summed E-state index contributed by atoms with van der Waals surface area (Å²) in [6, 6.07) is 0. The van der Waals surface area contributed by atoms with Crippen molar-refractivity contribution in [2.75, 3.05) is 26.2 Å². The van der Waals surface area contributed by atoms with Crippen molar-refractivity contribution in [1.82, 2.24) is 10.2 Å². The number of likely N-dealkylation sites (tertiary alicyclic amines) is 1. The lowest BCUT2D eigenvalue weighted by Gasteiger charge is -2.43. The Labute approximate surface area is 88.1 Å². The summed E-state index contributed by atoms with van der Waals surface area (Å²) in [5, 5.41) is 3.46. The van der Waals surface area contributed by atoms with Crippen molar-refractivity contribution in [3.8, 4) is 0 Å². The number of piperidine rings is 1. The highest BCUT2D eigenvalue weighted by molar-refractivity contribution is 4.87. The van der Waals surface area contributed by atoms with Crippen molar-refractivity contribution in [2.45, 2.75) is 45.1 Å². The lowest BCUT2D eigenvalue weighted by atomic mass is 9.89. The van der Waals surface area contributed by atoms with Crippen LogP contribution in [-0.2, 0) is 0 Å². The van der Waals surface area contributed by atoms with Gasteiger partial charge in [0.25, 0.3) is 0 Å². The van der Waals surface area contributed by atoms with Crippen LogP contribution in [0, 0.1) is 5.92 Å². The summed E-state index contributed by atoms with van der Waals surface area (Å²) >= 11 is 0. The highest BCUT2D eigenvalue weighted by Gasteiger charge is 2.31. The Balaban J connectivity index is 1.88. The first-order valence-corrected chi connectivity index (χ1v) is 6.14. The maximum Gasteiger partial charge on any atom is 0.0153 e. The van der Waals surface area contributed by atoms with E-state index in [1.54, 1.807) is 0 Å². The van der Waals surface area contributed by atoms with Gasteiger partial charge in [0.1, 0.15) is 0 Å². The van der Waals surface area contributed by atoms with Crippen LogP contribution in [-0.4, -0.2) is 36.6 Å². The van der Waals surface area contributed by atoms with Gasteiger partial charge in [0, 0.05) is 12.1 Å². The molecule has 2 nitrogen and oxygen atoms in total. The van der Waals surface area contributed by atoms with E-state index in [0.717, 1.165) is 5.92 Å². The molecule has 0 aromatic carbocycles. The Bertz CT molecular complexity index is 183. The Kier molecular flexibility index (Phi) is 3.13. The number of hydrogen-bond acceptors (Lipinski definition) is 2. The average molecular weight is 196 g/mol. The standard InChI is InChI=1S/C12H24N2/c1-12(2)6-3-4-8-14(12)10-11-5-7-13-9-11/h11,13H,3-10H2,1-2H3. The van der Waals surface area contributed by atoms with Gasteiger partial charge in [0.05, 0.1) is 0 Å². The second kappa shape index (κ2) is 4.19. The number of hydrogen-bond donors (Lipinski definition) is 1. The molecule has 0 bridgehead atoms. The summed E-state index contributed by atoms with van der Waals surface area (Å²) in [6.45, 7) is 9.94.